The molecule has 0 heterocycles. The van der Waals surface area contributed by atoms with Crippen molar-refractivity contribution in [1.82, 2.24) is 10.2 Å². The Morgan fingerprint density at radius 2 is 1.90 bits per heavy atom. The fourth-order valence-electron chi connectivity index (χ4n) is 3.19. The smallest absolute Gasteiger partial charge is 0.126 e. The molecule has 2 nitrogen and oxygen atoms in total. The molecule has 1 aliphatic rings. The Morgan fingerprint density at radius 1 is 1.25 bits per heavy atom. The molecule has 20 heavy (non-hydrogen) atoms. The summed E-state index contributed by atoms with van der Waals surface area (Å²) in [6, 6.07) is 7.17. The third-order valence-electron chi connectivity index (χ3n) is 4.97. The van der Waals surface area contributed by atoms with Crippen molar-refractivity contribution in [3.05, 3.63) is 35.1 Å². The van der Waals surface area contributed by atoms with Gasteiger partial charge in [-0.25, -0.2) is 4.39 Å². The van der Waals surface area contributed by atoms with E-state index in [0.29, 0.717) is 12.1 Å². The topological polar surface area (TPSA) is 15.3 Å². The molecule has 0 radical (unpaired) electrons. The van der Waals surface area contributed by atoms with Crippen molar-refractivity contribution in [2.24, 2.45) is 0 Å². The Morgan fingerprint density at radius 3 is 2.45 bits per heavy atom. The molecule has 1 N–H and O–H groups in total. The highest BCUT2D eigenvalue weighted by atomic mass is 19.1. The van der Waals surface area contributed by atoms with Gasteiger partial charge in [0.25, 0.3) is 0 Å². The molecule has 1 unspecified atom stereocenters. The van der Waals surface area contributed by atoms with Gasteiger partial charge in [0.15, 0.2) is 0 Å². The number of nitrogens with one attached hydrogen (secondary N) is 1. The summed E-state index contributed by atoms with van der Waals surface area (Å²) in [7, 11) is 4.22. The summed E-state index contributed by atoms with van der Waals surface area (Å²) in [6.07, 6.45) is 4.92. The Bertz CT molecular complexity index is 439. The van der Waals surface area contributed by atoms with Crippen LogP contribution in [0.15, 0.2) is 18.2 Å². The van der Waals surface area contributed by atoms with Gasteiger partial charge in [-0.05, 0) is 70.8 Å². The lowest BCUT2D eigenvalue weighted by molar-refractivity contribution is 0.136. The van der Waals surface area contributed by atoms with E-state index in [-0.39, 0.29) is 11.9 Å². The van der Waals surface area contributed by atoms with E-state index in [2.05, 4.69) is 30.3 Å². The molecule has 1 atom stereocenters. The maximum atomic E-state index is 13.7. The predicted octanol–water partition coefficient (Wildman–Crippen LogP) is 3.66. The number of rotatable bonds is 4. The Hall–Kier alpha value is -0.930. The molecule has 2 rings (SSSR count). The first-order valence-corrected chi connectivity index (χ1v) is 7.68. The van der Waals surface area contributed by atoms with Gasteiger partial charge in [0.2, 0.25) is 0 Å². The predicted molar refractivity (Wildman–Crippen MR) is 82.4 cm³/mol. The number of benzene rings is 1. The van der Waals surface area contributed by atoms with Gasteiger partial charge >= 0.3 is 0 Å². The Kier molecular flexibility index (Phi) is 5.17. The molecule has 1 fully saturated rings. The van der Waals surface area contributed by atoms with E-state index in [4.69, 9.17) is 0 Å². The fraction of sp³-hybridized carbons (Fsp3) is 0.647. The van der Waals surface area contributed by atoms with Crippen molar-refractivity contribution >= 4 is 0 Å². The van der Waals surface area contributed by atoms with Gasteiger partial charge in [0.05, 0.1) is 0 Å². The van der Waals surface area contributed by atoms with Crippen molar-refractivity contribution in [1.29, 1.82) is 0 Å². The number of hydrogen-bond donors (Lipinski definition) is 1. The Balaban J connectivity index is 2.01. The molecule has 1 aliphatic carbocycles. The van der Waals surface area contributed by atoms with Crippen LogP contribution < -0.4 is 5.32 Å². The summed E-state index contributed by atoms with van der Waals surface area (Å²) in [4.78, 5) is 2.41. The molecule has 0 bridgehead atoms. The van der Waals surface area contributed by atoms with Crippen LogP contribution in [0, 0.1) is 12.7 Å². The Labute approximate surface area is 122 Å². The molecule has 1 aromatic rings. The lowest BCUT2D eigenvalue weighted by Gasteiger charge is -2.38. The first kappa shape index (κ1) is 15.5. The van der Waals surface area contributed by atoms with Crippen LogP contribution >= 0.6 is 0 Å². The molecular formula is C17H27FN2. The van der Waals surface area contributed by atoms with Crippen molar-refractivity contribution in [2.75, 3.05) is 14.1 Å². The highest BCUT2D eigenvalue weighted by molar-refractivity contribution is 5.25. The summed E-state index contributed by atoms with van der Waals surface area (Å²) in [6.45, 7) is 3.99. The zero-order valence-electron chi connectivity index (χ0n) is 13.1. The zero-order valence-corrected chi connectivity index (χ0v) is 13.1. The van der Waals surface area contributed by atoms with Crippen LogP contribution in [-0.2, 0) is 0 Å². The highest BCUT2D eigenvalue weighted by Gasteiger charge is 2.26. The minimum atomic E-state index is -0.0957. The summed E-state index contributed by atoms with van der Waals surface area (Å²) in [5.74, 6) is -0.0957. The maximum Gasteiger partial charge on any atom is 0.126 e. The summed E-state index contributed by atoms with van der Waals surface area (Å²) in [5, 5.41) is 3.37. The van der Waals surface area contributed by atoms with Crippen LogP contribution in [0.3, 0.4) is 0 Å². The standard InChI is InChI=1S/C17H27FN2/c1-12-5-6-14(11-17(12)18)13(2)20(4)16-9-7-15(19-3)8-10-16/h5-6,11,13,15-16,19H,7-10H2,1-4H3. The zero-order chi connectivity index (χ0) is 14.7. The molecule has 3 heteroatoms. The monoisotopic (exact) mass is 278 g/mol. The molecule has 112 valence electrons. The van der Waals surface area contributed by atoms with Crippen LogP contribution in [0.4, 0.5) is 4.39 Å². The highest BCUT2D eigenvalue weighted by Crippen LogP contribution is 2.29. The van der Waals surface area contributed by atoms with Crippen molar-refractivity contribution in [3.8, 4) is 0 Å². The van der Waals surface area contributed by atoms with Gasteiger partial charge in [-0.1, -0.05) is 12.1 Å². The van der Waals surface area contributed by atoms with Gasteiger partial charge in [-0.15, -0.1) is 0 Å². The summed E-state index contributed by atoms with van der Waals surface area (Å²) >= 11 is 0. The molecule has 0 saturated heterocycles. The van der Waals surface area contributed by atoms with Crippen LogP contribution in [-0.4, -0.2) is 31.1 Å². The van der Waals surface area contributed by atoms with Crippen molar-refractivity contribution in [2.45, 2.75) is 57.7 Å². The molecule has 1 saturated carbocycles. The van der Waals surface area contributed by atoms with E-state index >= 15 is 0 Å². The van der Waals surface area contributed by atoms with Gasteiger partial charge in [0.1, 0.15) is 5.82 Å². The van der Waals surface area contributed by atoms with Crippen molar-refractivity contribution < 1.29 is 4.39 Å². The van der Waals surface area contributed by atoms with Crippen LogP contribution in [0.2, 0.25) is 0 Å². The molecular weight excluding hydrogens is 251 g/mol. The lowest BCUT2D eigenvalue weighted by Crippen LogP contribution is -2.40. The van der Waals surface area contributed by atoms with Crippen molar-refractivity contribution in [3.63, 3.8) is 0 Å². The van der Waals surface area contributed by atoms with Crippen LogP contribution in [0.5, 0.6) is 0 Å². The molecule has 1 aromatic carbocycles. The van der Waals surface area contributed by atoms with Gasteiger partial charge in [-0.3, -0.25) is 4.90 Å². The minimum Gasteiger partial charge on any atom is -0.317 e. The van der Waals surface area contributed by atoms with E-state index < -0.39 is 0 Å². The fourth-order valence-corrected chi connectivity index (χ4v) is 3.19. The normalized spacial score (nSPS) is 24.9. The largest absolute Gasteiger partial charge is 0.317 e. The second-order valence-corrected chi connectivity index (χ2v) is 6.14. The SMILES string of the molecule is CNC1CCC(N(C)C(C)c2ccc(C)c(F)c2)CC1. The number of halogens is 1. The summed E-state index contributed by atoms with van der Waals surface area (Å²) < 4.78 is 13.7. The van der Waals surface area contributed by atoms with Gasteiger partial charge < -0.3 is 5.32 Å². The van der Waals surface area contributed by atoms with Crippen LogP contribution in [0.25, 0.3) is 0 Å². The lowest BCUT2D eigenvalue weighted by atomic mass is 9.89. The first-order chi connectivity index (χ1) is 9.52. The van der Waals surface area contributed by atoms with Gasteiger partial charge in [-0.2, -0.15) is 0 Å². The van der Waals surface area contributed by atoms with Gasteiger partial charge in [0, 0.05) is 18.1 Å². The van der Waals surface area contributed by atoms with E-state index in [9.17, 15) is 4.39 Å². The first-order valence-electron chi connectivity index (χ1n) is 7.68. The third kappa shape index (κ3) is 3.39. The van der Waals surface area contributed by atoms with E-state index in [1.165, 1.54) is 25.7 Å². The minimum absolute atomic E-state index is 0.0957. The molecule has 0 aliphatic heterocycles. The average Bonchev–Trinajstić information content (AvgIpc) is 2.48. The van der Waals surface area contributed by atoms with E-state index in [0.717, 1.165) is 11.1 Å². The third-order valence-corrected chi connectivity index (χ3v) is 4.97. The van der Waals surface area contributed by atoms with E-state index in [1.54, 1.807) is 6.07 Å². The molecule has 0 amide bonds. The average molecular weight is 278 g/mol. The number of nitrogens with zero attached hydrogens (tertiary/aromatic N) is 1. The molecule has 0 aromatic heterocycles. The second kappa shape index (κ2) is 6.68. The number of hydrogen-bond acceptors (Lipinski definition) is 2. The van der Waals surface area contributed by atoms with Crippen LogP contribution in [0.1, 0.15) is 49.8 Å². The summed E-state index contributed by atoms with van der Waals surface area (Å²) in [5.41, 5.74) is 1.80. The quantitative estimate of drug-likeness (QED) is 0.904. The maximum absolute atomic E-state index is 13.7. The molecule has 0 spiro atoms. The van der Waals surface area contributed by atoms with E-state index in [1.807, 2.05) is 20.0 Å². The number of aryl methyl sites for hydroxylation is 1. The second-order valence-electron chi connectivity index (χ2n) is 6.14.